The molecule has 1 atom stereocenters. The third-order valence-corrected chi connectivity index (χ3v) is 4.59. The number of hydrogen-bond donors (Lipinski definition) is 1. The molecule has 0 spiro atoms. The number of piperidine rings is 1. The van der Waals surface area contributed by atoms with Crippen LogP contribution in [0.3, 0.4) is 0 Å². The van der Waals surface area contributed by atoms with Crippen LogP contribution >= 0.6 is 0 Å². The van der Waals surface area contributed by atoms with Gasteiger partial charge in [0.2, 0.25) is 0 Å². The molecular formula is C15H31N3O. The molecule has 1 saturated carbocycles. The van der Waals surface area contributed by atoms with Crippen LogP contribution in [-0.4, -0.2) is 75.9 Å². The molecular weight excluding hydrogens is 238 g/mol. The Hall–Kier alpha value is -0.160. The van der Waals surface area contributed by atoms with Crippen LogP contribution in [0.1, 0.15) is 25.7 Å². The van der Waals surface area contributed by atoms with Crippen LogP contribution in [0.15, 0.2) is 0 Å². The van der Waals surface area contributed by atoms with Gasteiger partial charge in [-0.05, 0) is 58.8 Å². The summed E-state index contributed by atoms with van der Waals surface area (Å²) < 4.78 is 5.39. The van der Waals surface area contributed by atoms with Gasteiger partial charge in [0, 0.05) is 32.3 Å². The van der Waals surface area contributed by atoms with Gasteiger partial charge in [0.1, 0.15) is 0 Å². The van der Waals surface area contributed by atoms with E-state index in [-0.39, 0.29) is 0 Å². The highest BCUT2D eigenvalue weighted by atomic mass is 16.5. The Balaban J connectivity index is 1.71. The highest BCUT2D eigenvalue weighted by Gasteiger charge is 2.25. The first-order chi connectivity index (χ1) is 9.19. The Morgan fingerprint density at radius 1 is 1.26 bits per heavy atom. The summed E-state index contributed by atoms with van der Waals surface area (Å²) in [5, 5.41) is 3.64. The number of methoxy groups -OCH3 is 1. The number of rotatable bonds is 8. The first-order valence-corrected chi connectivity index (χ1v) is 7.80. The first kappa shape index (κ1) is 15.2. The summed E-state index contributed by atoms with van der Waals surface area (Å²) >= 11 is 0. The van der Waals surface area contributed by atoms with E-state index in [9.17, 15) is 0 Å². The molecule has 2 rings (SSSR count). The predicted octanol–water partition coefficient (Wildman–Crippen LogP) is 1.03. The highest BCUT2D eigenvalue weighted by Crippen LogP contribution is 2.20. The third kappa shape index (κ3) is 5.38. The van der Waals surface area contributed by atoms with Gasteiger partial charge in [0.15, 0.2) is 0 Å². The van der Waals surface area contributed by atoms with Crippen molar-refractivity contribution in [1.82, 2.24) is 15.1 Å². The number of nitrogens with zero attached hydrogens (tertiary/aromatic N) is 2. The second-order valence-electron chi connectivity index (χ2n) is 6.48. The molecule has 1 N–H and O–H groups in total. The summed E-state index contributed by atoms with van der Waals surface area (Å²) in [5.74, 6) is 0.862. The lowest BCUT2D eigenvalue weighted by atomic mass is 9.96. The van der Waals surface area contributed by atoms with Crippen molar-refractivity contribution in [3.05, 3.63) is 0 Å². The lowest BCUT2D eigenvalue weighted by Crippen LogP contribution is -2.46. The zero-order chi connectivity index (χ0) is 13.7. The summed E-state index contributed by atoms with van der Waals surface area (Å²) in [7, 11) is 6.30. The fourth-order valence-electron chi connectivity index (χ4n) is 2.93. The van der Waals surface area contributed by atoms with Crippen LogP contribution in [0.25, 0.3) is 0 Å². The molecule has 4 nitrogen and oxygen atoms in total. The topological polar surface area (TPSA) is 27.7 Å². The van der Waals surface area contributed by atoms with Crippen LogP contribution in [-0.2, 0) is 4.74 Å². The second kappa shape index (κ2) is 7.58. The SMILES string of the molecule is COCC(CNC1CC1)N(C)CC1CCN(C)CC1. The molecule has 4 heteroatoms. The van der Waals surface area contributed by atoms with E-state index in [0.29, 0.717) is 6.04 Å². The summed E-state index contributed by atoms with van der Waals surface area (Å²) in [6, 6.07) is 1.31. The molecule has 0 aromatic rings. The second-order valence-corrected chi connectivity index (χ2v) is 6.48. The molecule has 1 heterocycles. The van der Waals surface area contributed by atoms with E-state index in [1.807, 2.05) is 7.11 Å². The largest absolute Gasteiger partial charge is 0.383 e. The van der Waals surface area contributed by atoms with Gasteiger partial charge in [-0.15, -0.1) is 0 Å². The van der Waals surface area contributed by atoms with Gasteiger partial charge >= 0.3 is 0 Å². The molecule has 2 aliphatic rings. The molecule has 112 valence electrons. The van der Waals surface area contributed by atoms with Gasteiger partial charge in [0.05, 0.1) is 6.61 Å². The summed E-state index contributed by atoms with van der Waals surface area (Å²) in [6.07, 6.45) is 5.41. The Morgan fingerprint density at radius 2 is 1.95 bits per heavy atom. The molecule has 1 saturated heterocycles. The van der Waals surface area contributed by atoms with Gasteiger partial charge in [-0.2, -0.15) is 0 Å². The summed E-state index contributed by atoms with van der Waals surface area (Å²) in [6.45, 7) is 5.64. The average molecular weight is 269 g/mol. The Bertz CT molecular complexity index is 250. The van der Waals surface area contributed by atoms with Gasteiger partial charge < -0.3 is 15.0 Å². The van der Waals surface area contributed by atoms with E-state index >= 15 is 0 Å². The highest BCUT2D eigenvalue weighted by molar-refractivity contribution is 4.84. The van der Waals surface area contributed by atoms with Gasteiger partial charge in [-0.25, -0.2) is 0 Å². The fourth-order valence-corrected chi connectivity index (χ4v) is 2.93. The minimum atomic E-state index is 0.519. The monoisotopic (exact) mass is 269 g/mol. The van der Waals surface area contributed by atoms with E-state index in [0.717, 1.165) is 25.1 Å². The maximum absolute atomic E-state index is 5.39. The molecule has 1 aliphatic heterocycles. The smallest absolute Gasteiger partial charge is 0.0630 e. The summed E-state index contributed by atoms with van der Waals surface area (Å²) in [4.78, 5) is 4.95. The Kier molecular flexibility index (Phi) is 6.07. The van der Waals surface area contributed by atoms with E-state index in [1.54, 1.807) is 0 Å². The van der Waals surface area contributed by atoms with E-state index < -0.39 is 0 Å². The van der Waals surface area contributed by atoms with Gasteiger partial charge in [-0.1, -0.05) is 0 Å². The number of likely N-dealkylation sites (N-methyl/N-ethyl adjacent to an activating group) is 1. The van der Waals surface area contributed by atoms with Crippen LogP contribution in [0.4, 0.5) is 0 Å². The number of nitrogens with one attached hydrogen (secondary N) is 1. The first-order valence-electron chi connectivity index (χ1n) is 7.80. The lowest BCUT2D eigenvalue weighted by molar-refractivity contribution is 0.0842. The zero-order valence-corrected chi connectivity index (χ0v) is 12.9. The van der Waals surface area contributed by atoms with Crippen LogP contribution in [0.5, 0.6) is 0 Å². The van der Waals surface area contributed by atoms with Crippen molar-refractivity contribution in [2.24, 2.45) is 5.92 Å². The standard InChI is InChI=1S/C15H31N3O/c1-17-8-6-13(7-9-17)11-18(2)15(12-19-3)10-16-14-4-5-14/h13-16H,4-12H2,1-3H3. The van der Waals surface area contributed by atoms with Crippen LogP contribution < -0.4 is 5.32 Å². The third-order valence-electron chi connectivity index (χ3n) is 4.59. The molecule has 0 aromatic carbocycles. The van der Waals surface area contributed by atoms with Crippen molar-refractivity contribution in [3.63, 3.8) is 0 Å². The van der Waals surface area contributed by atoms with Gasteiger partial charge in [-0.3, -0.25) is 4.90 Å². The maximum Gasteiger partial charge on any atom is 0.0630 e. The minimum absolute atomic E-state index is 0.519. The normalized spacial score (nSPS) is 24.0. The molecule has 0 aromatic heterocycles. The zero-order valence-electron chi connectivity index (χ0n) is 12.9. The van der Waals surface area contributed by atoms with E-state index in [1.165, 1.54) is 45.3 Å². The minimum Gasteiger partial charge on any atom is -0.383 e. The van der Waals surface area contributed by atoms with Gasteiger partial charge in [0.25, 0.3) is 0 Å². The van der Waals surface area contributed by atoms with E-state index in [2.05, 4.69) is 29.2 Å². The van der Waals surface area contributed by atoms with Crippen LogP contribution in [0, 0.1) is 5.92 Å². The fraction of sp³-hybridized carbons (Fsp3) is 1.00. The molecule has 1 unspecified atom stereocenters. The molecule has 0 amide bonds. The quantitative estimate of drug-likeness (QED) is 0.712. The number of hydrogen-bond acceptors (Lipinski definition) is 4. The van der Waals surface area contributed by atoms with E-state index in [4.69, 9.17) is 4.74 Å². The lowest BCUT2D eigenvalue weighted by Gasteiger charge is -2.35. The molecule has 19 heavy (non-hydrogen) atoms. The van der Waals surface area contributed by atoms with Crippen molar-refractivity contribution in [2.45, 2.75) is 37.8 Å². The van der Waals surface area contributed by atoms with Crippen molar-refractivity contribution in [2.75, 3.05) is 54.0 Å². The predicted molar refractivity (Wildman–Crippen MR) is 79.5 cm³/mol. The van der Waals surface area contributed by atoms with Crippen molar-refractivity contribution in [1.29, 1.82) is 0 Å². The number of ether oxygens (including phenoxy) is 1. The molecule has 2 fully saturated rings. The van der Waals surface area contributed by atoms with Crippen molar-refractivity contribution in [3.8, 4) is 0 Å². The van der Waals surface area contributed by atoms with Crippen LogP contribution in [0.2, 0.25) is 0 Å². The number of likely N-dealkylation sites (tertiary alicyclic amines) is 1. The van der Waals surface area contributed by atoms with Crippen molar-refractivity contribution < 1.29 is 4.74 Å². The molecule has 0 bridgehead atoms. The average Bonchev–Trinajstić information content (AvgIpc) is 3.21. The molecule has 0 radical (unpaired) electrons. The maximum atomic E-state index is 5.39. The molecule has 1 aliphatic carbocycles. The Morgan fingerprint density at radius 3 is 2.53 bits per heavy atom. The van der Waals surface area contributed by atoms with Crippen molar-refractivity contribution >= 4 is 0 Å². The summed E-state index contributed by atoms with van der Waals surface area (Å²) in [5.41, 5.74) is 0. The Labute approximate surface area is 118 Å².